The Balaban J connectivity index is 2.02. The minimum atomic E-state index is 0.234. The van der Waals surface area contributed by atoms with E-state index < -0.39 is 0 Å². The van der Waals surface area contributed by atoms with Gasteiger partial charge in [0.15, 0.2) is 0 Å². The van der Waals surface area contributed by atoms with Crippen molar-refractivity contribution < 1.29 is 0 Å². The van der Waals surface area contributed by atoms with E-state index in [0.29, 0.717) is 0 Å². The lowest BCUT2D eigenvalue weighted by molar-refractivity contribution is 0.360. The van der Waals surface area contributed by atoms with Gasteiger partial charge in [-0.05, 0) is 25.9 Å². The van der Waals surface area contributed by atoms with Crippen molar-refractivity contribution in [3.8, 4) is 0 Å². The molecule has 0 unspecified atom stereocenters. The SMILES string of the molecule is [SiH3]CC[SiH2]N1CCCCC1. The van der Waals surface area contributed by atoms with Gasteiger partial charge in [-0.2, -0.15) is 0 Å². The number of nitrogens with zero attached hydrogens (tertiary/aromatic N) is 1. The number of rotatable bonds is 3. The van der Waals surface area contributed by atoms with Crippen molar-refractivity contribution >= 4 is 19.9 Å². The van der Waals surface area contributed by atoms with Crippen LogP contribution in [0.5, 0.6) is 0 Å². The molecule has 1 fully saturated rings. The van der Waals surface area contributed by atoms with Crippen LogP contribution in [0, 0.1) is 0 Å². The molecule has 1 heterocycles. The zero-order valence-corrected chi connectivity index (χ0v) is 10.5. The molecule has 60 valence electrons. The van der Waals surface area contributed by atoms with Crippen LogP contribution in [0.4, 0.5) is 0 Å². The van der Waals surface area contributed by atoms with Crippen LogP contribution >= 0.6 is 0 Å². The Kier molecular flexibility index (Phi) is 4.33. The van der Waals surface area contributed by atoms with Gasteiger partial charge in [-0.1, -0.05) is 18.5 Å². The Morgan fingerprint density at radius 2 is 1.90 bits per heavy atom. The maximum absolute atomic E-state index is 2.77. The van der Waals surface area contributed by atoms with Gasteiger partial charge in [0, 0.05) is 10.2 Å². The Labute approximate surface area is 69.5 Å². The number of hydrogen-bond acceptors (Lipinski definition) is 1. The van der Waals surface area contributed by atoms with Gasteiger partial charge in [0.05, 0.1) is 9.68 Å². The van der Waals surface area contributed by atoms with E-state index >= 15 is 0 Å². The van der Waals surface area contributed by atoms with Gasteiger partial charge < -0.3 is 4.57 Å². The molecule has 0 N–H and O–H groups in total. The van der Waals surface area contributed by atoms with Crippen LogP contribution in [0.15, 0.2) is 0 Å². The second-order valence-electron chi connectivity index (χ2n) is 3.26. The fourth-order valence-electron chi connectivity index (χ4n) is 1.56. The van der Waals surface area contributed by atoms with Crippen LogP contribution < -0.4 is 0 Å². The lowest BCUT2D eigenvalue weighted by atomic mass is 10.2. The van der Waals surface area contributed by atoms with E-state index in [4.69, 9.17) is 0 Å². The molecule has 1 saturated heterocycles. The first-order chi connectivity index (χ1) is 4.93. The lowest BCUT2D eigenvalue weighted by Crippen LogP contribution is -2.32. The second kappa shape index (κ2) is 5.10. The van der Waals surface area contributed by atoms with Crippen molar-refractivity contribution in [3.63, 3.8) is 0 Å². The highest BCUT2D eigenvalue weighted by Crippen LogP contribution is 2.07. The summed E-state index contributed by atoms with van der Waals surface area (Å²) >= 11 is 0. The molecule has 0 amide bonds. The molecule has 1 aliphatic heterocycles. The monoisotopic (exact) mass is 173 g/mol. The molecule has 0 aliphatic carbocycles. The third-order valence-corrected chi connectivity index (χ3v) is 6.69. The van der Waals surface area contributed by atoms with Crippen LogP contribution in [-0.2, 0) is 0 Å². The highest BCUT2D eigenvalue weighted by Gasteiger charge is 2.07. The zero-order chi connectivity index (χ0) is 7.23. The molecule has 0 aromatic carbocycles. The van der Waals surface area contributed by atoms with Gasteiger partial charge in [-0.25, -0.2) is 0 Å². The molecular formula is C7H19NSi2. The molecular weight excluding hydrogens is 154 g/mol. The van der Waals surface area contributed by atoms with Crippen LogP contribution in [0.2, 0.25) is 12.1 Å². The summed E-state index contributed by atoms with van der Waals surface area (Å²) in [6.45, 7) is 2.88. The molecule has 3 heteroatoms. The summed E-state index contributed by atoms with van der Waals surface area (Å²) < 4.78 is 2.77. The molecule has 1 aliphatic rings. The predicted molar refractivity (Wildman–Crippen MR) is 53.5 cm³/mol. The number of piperidine rings is 1. The summed E-state index contributed by atoms with van der Waals surface area (Å²) in [6.07, 6.45) is 4.45. The summed E-state index contributed by atoms with van der Waals surface area (Å²) in [5.74, 6) is 0. The van der Waals surface area contributed by atoms with Crippen molar-refractivity contribution in [2.75, 3.05) is 13.1 Å². The molecule has 10 heavy (non-hydrogen) atoms. The fraction of sp³-hybridized carbons (Fsp3) is 1.00. The molecule has 0 atom stereocenters. The Morgan fingerprint density at radius 1 is 1.20 bits per heavy atom. The first-order valence-corrected chi connectivity index (χ1v) is 7.70. The lowest BCUT2D eigenvalue weighted by Gasteiger charge is -2.25. The van der Waals surface area contributed by atoms with Gasteiger partial charge >= 0.3 is 0 Å². The van der Waals surface area contributed by atoms with Gasteiger partial charge in [0.1, 0.15) is 0 Å². The van der Waals surface area contributed by atoms with E-state index in [2.05, 4.69) is 4.57 Å². The summed E-state index contributed by atoms with van der Waals surface area (Å²) in [5.41, 5.74) is 0. The average Bonchev–Trinajstić information content (AvgIpc) is 2.03. The maximum Gasteiger partial charge on any atom is 0.0947 e. The number of hydrogen-bond donors (Lipinski definition) is 0. The van der Waals surface area contributed by atoms with E-state index in [1.54, 1.807) is 12.1 Å². The molecule has 0 bridgehead atoms. The van der Waals surface area contributed by atoms with Gasteiger partial charge in [0.2, 0.25) is 0 Å². The van der Waals surface area contributed by atoms with Crippen molar-refractivity contribution in [2.24, 2.45) is 0 Å². The molecule has 0 aromatic rings. The third kappa shape index (κ3) is 2.99. The summed E-state index contributed by atoms with van der Waals surface area (Å²) in [4.78, 5) is 0. The standard InChI is InChI=1S/C7H19NSi2/c9-6-7-10-8-4-2-1-3-5-8/h1-7,10H2,9H3. The van der Waals surface area contributed by atoms with E-state index in [-0.39, 0.29) is 9.68 Å². The van der Waals surface area contributed by atoms with Crippen LogP contribution in [0.1, 0.15) is 19.3 Å². The summed E-state index contributed by atoms with van der Waals surface area (Å²) in [6, 6.07) is 3.13. The van der Waals surface area contributed by atoms with E-state index in [9.17, 15) is 0 Å². The first kappa shape index (κ1) is 8.49. The van der Waals surface area contributed by atoms with Gasteiger partial charge in [0.25, 0.3) is 0 Å². The Morgan fingerprint density at radius 3 is 2.50 bits per heavy atom. The van der Waals surface area contributed by atoms with Crippen LogP contribution in [0.25, 0.3) is 0 Å². The van der Waals surface area contributed by atoms with Crippen molar-refractivity contribution in [1.29, 1.82) is 0 Å². The van der Waals surface area contributed by atoms with Crippen molar-refractivity contribution in [1.82, 2.24) is 4.57 Å². The van der Waals surface area contributed by atoms with Gasteiger partial charge in [-0.3, -0.25) is 0 Å². The second-order valence-corrected chi connectivity index (χ2v) is 6.30. The van der Waals surface area contributed by atoms with E-state index in [1.165, 1.54) is 42.6 Å². The summed E-state index contributed by atoms with van der Waals surface area (Å²) in [5, 5.41) is 0. The molecule has 0 radical (unpaired) electrons. The van der Waals surface area contributed by atoms with Crippen molar-refractivity contribution in [2.45, 2.75) is 31.4 Å². The predicted octanol–water partition coefficient (Wildman–Crippen LogP) is -0.242. The Bertz CT molecular complexity index is 81.7. The van der Waals surface area contributed by atoms with E-state index in [1.807, 2.05) is 0 Å². The quantitative estimate of drug-likeness (QED) is 0.533. The minimum Gasteiger partial charge on any atom is -0.329 e. The average molecular weight is 173 g/mol. The Hall–Kier alpha value is 0.394. The topological polar surface area (TPSA) is 3.24 Å². The highest BCUT2D eigenvalue weighted by molar-refractivity contribution is 6.33. The first-order valence-electron chi connectivity index (χ1n) is 4.66. The molecule has 0 aromatic heterocycles. The highest BCUT2D eigenvalue weighted by atomic mass is 28.2. The smallest absolute Gasteiger partial charge is 0.0947 e. The van der Waals surface area contributed by atoms with Gasteiger partial charge in [-0.15, -0.1) is 0 Å². The maximum atomic E-state index is 2.77. The molecule has 1 nitrogen and oxygen atoms in total. The fourth-order valence-corrected chi connectivity index (χ4v) is 4.17. The molecule has 0 saturated carbocycles. The third-order valence-electron chi connectivity index (χ3n) is 2.28. The summed E-state index contributed by atoms with van der Waals surface area (Å²) in [7, 11) is 1.66. The minimum absolute atomic E-state index is 0.234. The molecule has 1 rings (SSSR count). The van der Waals surface area contributed by atoms with Crippen molar-refractivity contribution in [3.05, 3.63) is 0 Å². The largest absolute Gasteiger partial charge is 0.329 e. The van der Waals surface area contributed by atoms with Crippen LogP contribution in [0.3, 0.4) is 0 Å². The molecule has 0 spiro atoms. The normalized spacial score (nSPS) is 22.8. The van der Waals surface area contributed by atoms with E-state index in [0.717, 1.165) is 0 Å². The van der Waals surface area contributed by atoms with Crippen LogP contribution in [-0.4, -0.2) is 37.6 Å². The zero-order valence-electron chi connectivity index (χ0n) is 7.10.